The fourth-order valence-electron chi connectivity index (χ4n) is 1.48. The minimum absolute atomic E-state index is 0.161. The molecule has 6 radical (unpaired) electrons. The fourth-order valence-corrected chi connectivity index (χ4v) is 3.44. The molecule has 3 nitrogen and oxygen atoms in total. The third-order valence-electron chi connectivity index (χ3n) is 2.68. The molecule has 1 aromatic carbocycles. The van der Waals surface area contributed by atoms with E-state index < -0.39 is 25.5 Å². The second-order valence-electron chi connectivity index (χ2n) is 4.98. The highest BCUT2D eigenvalue weighted by atomic mass is 32.2. The van der Waals surface area contributed by atoms with Gasteiger partial charge in [0.2, 0.25) is 0 Å². The summed E-state index contributed by atoms with van der Waals surface area (Å²) < 4.78 is 29.0. The van der Waals surface area contributed by atoms with Crippen molar-refractivity contribution in [3.8, 4) is 6.07 Å². The molecule has 0 aliphatic carbocycles. The van der Waals surface area contributed by atoms with E-state index in [1.54, 1.807) is 6.07 Å². The predicted molar refractivity (Wildman–Crippen MR) is 80.4 cm³/mol. The van der Waals surface area contributed by atoms with Crippen LogP contribution in [0.2, 0.25) is 0 Å². The Balaban J connectivity index is 3.44. The van der Waals surface area contributed by atoms with Crippen LogP contribution < -0.4 is 0 Å². The van der Waals surface area contributed by atoms with Gasteiger partial charge in [-0.1, -0.05) is 18.2 Å². The first kappa shape index (κ1) is 16.8. The first-order valence-corrected chi connectivity index (χ1v) is 7.46. The van der Waals surface area contributed by atoms with Gasteiger partial charge in [0.15, 0.2) is 0 Å². The largest absolute Gasteiger partial charge is 0.257 e. The van der Waals surface area contributed by atoms with Crippen LogP contribution >= 0.6 is 0 Å². The smallest absolute Gasteiger partial charge is 0.135 e. The maximum atomic E-state index is 13.7. The Bertz CT molecular complexity index is 655. The SMILES string of the molecule is [B]C([B])([B])N=S(=O)(Cc1ccccc1F)C(C)(C)C#N. The molecule has 20 heavy (non-hydrogen) atoms. The van der Waals surface area contributed by atoms with Crippen LogP contribution in [-0.2, 0) is 15.5 Å². The first-order valence-electron chi connectivity index (χ1n) is 5.78. The zero-order valence-corrected chi connectivity index (χ0v) is 12.2. The maximum absolute atomic E-state index is 13.7. The normalized spacial score (nSPS) is 15.1. The van der Waals surface area contributed by atoms with E-state index in [0.29, 0.717) is 0 Å². The van der Waals surface area contributed by atoms with E-state index in [9.17, 15) is 8.60 Å². The van der Waals surface area contributed by atoms with Crippen molar-refractivity contribution < 1.29 is 8.60 Å². The minimum atomic E-state index is -3.30. The standard InChI is InChI=1S/C12H12B3FN2OS/c1-11(2,8-17)20(19,18-12(13,14)15)7-9-5-3-4-6-10(9)16/h3-6H,7H2,1-2H3. The van der Waals surface area contributed by atoms with Gasteiger partial charge < -0.3 is 0 Å². The molecule has 8 heteroatoms. The van der Waals surface area contributed by atoms with Crippen molar-refractivity contribution in [2.24, 2.45) is 4.36 Å². The predicted octanol–water partition coefficient (Wildman–Crippen LogP) is 1.21. The van der Waals surface area contributed by atoms with E-state index in [1.807, 2.05) is 6.07 Å². The summed E-state index contributed by atoms with van der Waals surface area (Å²) in [5.41, 5.74) is 0.161. The summed E-state index contributed by atoms with van der Waals surface area (Å²) in [4.78, 5) is 0. The highest BCUT2D eigenvalue weighted by molar-refractivity contribution is 7.94. The van der Waals surface area contributed by atoms with Crippen molar-refractivity contribution >= 4 is 33.3 Å². The van der Waals surface area contributed by atoms with Gasteiger partial charge in [-0.25, -0.2) is 8.60 Å². The van der Waals surface area contributed by atoms with Crippen LogP contribution in [-0.4, -0.2) is 37.7 Å². The lowest BCUT2D eigenvalue weighted by atomic mass is 9.50. The van der Waals surface area contributed by atoms with Gasteiger partial charge in [-0.3, -0.25) is 4.36 Å². The lowest BCUT2D eigenvalue weighted by Gasteiger charge is -2.27. The van der Waals surface area contributed by atoms with Crippen molar-refractivity contribution in [2.75, 3.05) is 0 Å². The highest BCUT2D eigenvalue weighted by Crippen LogP contribution is 2.26. The summed E-state index contributed by atoms with van der Waals surface area (Å²) in [5.74, 6) is -0.839. The first-order chi connectivity index (χ1) is 9.01. The summed E-state index contributed by atoms with van der Waals surface area (Å²) in [5, 5.41) is 7.11. The third kappa shape index (κ3) is 3.89. The van der Waals surface area contributed by atoms with Crippen LogP contribution in [0.15, 0.2) is 28.6 Å². The van der Waals surface area contributed by atoms with Gasteiger partial charge in [0.05, 0.1) is 45.1 Å². The molecule has 1 rings (SSSR count). The fraction of sp³-hybridized carbons (Fsp3) is 0.417. The molecule has 0 saturated heterocycles. The number of rotatable bonds is 4. The van der Waals surface area contributed by atoms with Gasteiger partial charge in [-0.05, 0) is 25.2 Å². The molecule has 0 amide bonds. The molecule has 0 bridgehead atoms. The summed E-state index contributed by atoms with van der Waals surface area (Å²) in [7, 11) is 12.8. The monoisotopic (exact) mass is 284 g/mol. The van der Waals surface area contributed by atoms with Crippen molar-refractivity contribution in [1.82, 2.24) is 0 Å². The van der Waals surface area contributed by atoms with E-state index in [1.165, 1.54) is 32.0 Å². The molecule has 0 N–H and O–H groups in total. The molecule has 0 heterocycles. The molecule has 0 spiro atoms. The van der Waals surface area contributed by atoms with E-state index in [4.69, 9.17) is 28.8 Å². The summed E-state index contributed by atoms with van der Waals surface area (Å²) in [6.07, 6.45) is 0. The third-order valence-corrected chi connectivity index (χ3v) is 5.68. The molecular formula is C12H12B3FN2OS. The van der Waals surface area contributed by atoms with E-state index in [2.05, 4.69) is 4.36 Å². The number of hydrogen-bond donors (Lipinski definition) is 0. The Morgan fingerprint density at radius 3 is 2.35 bits per heavy atom. The molecular weight excluding hydrogens is 272 g/mol. The number of hydrogen-bond acceptors (Lipinski definition) is 3. The Labute approximate surface area is 123 Å². The summed E-state index contributed by atoms with van der Waals surface area (Å²) >= 11 is 0. The molecule has 0 fully saturated rings. The number of nitrogens with zero attached hydrogens (tertiary/aromatic N) is 2. The molecule has 1 atom stereocenters. The Morgan fingerprint density at radius 1 is 1.35 bits per heavy atom. The molecule has 1 aromatic rings. The zero-order valence-electron chi connectivity index (χ0n) is 11.3. The molecule has 0 aliphatic heterocycles. The second kappa shape index (κ2) is 5.65. The quantitative estimate of drug-likeness (QED) is 0.780. The average molecular weight is 284 g/mol. The van der Waals surface area contributed by atoms with Crippen LogP contribution in [0, 0.1) is 17.1 Å². The number of halogens is 1. The lowest BCUT2D eigenvalue weighted by molar-refractivity contribution is 0.612. The zero-order chi connectivity index (χ0) is 15.6. The molecule has 0 aromatic heterocycles. The maximum Gasteiger partial charge on any atom is 0.135 e. The van der Waals surface area contributed by atoms with Gasteiger partial charge in [0, 0.05) is 5.56 Å². The van der Waals surface area contributed by atoms with Crippen molar-refractivity contribution in [2.45, 2.75) is 29.6 Å². The Hall–Kier alpha value is -1.22. The average Bonchev–Trinajstić information content (AvgIpc) is 2.29. The van der Waals surface area contributed by atoms with Gasteiger partial charge in [-0.15, -0.1) is 0 Å². The van der Waals surface area contributed by atoms with Gasteiger partial charge in [-0.2, -0.15) is 5.26 Å². The van der Waals surface area contributed by atoms with Gasteiger partial charge in [0.25, 0.3) is 0 Å². The van der Waals surface area contributed by atoms with Crippen LogP contribution in [0.3, 0.4) is 0 Å². The topological polar surface area (TPSA) is 53.2 Å². The minimum Gasteiger partial charge on any atom is -0.257 e. The lowest BCUT2D eigenvalue weighted by Crippen LogP contribution is -2.37. The van der Waals surface area contributed by atoms with Gasteiger partial charge >= 0.3 is 0 Å². The van der Waals surface area contributed by atoms with E-state index >= 15 is 0 Å². The number of nitriles is 1. The van der Waals surface area contributed by atoms with Crippen molar-refractivity contribution in [3.05, 3.63) is 35.6 Å². The van der Waals surface area contributed by atoms with E-state index in [-0.39, 0.29) is 11.3 Å². The highest BCUT2D eigenvalue weighted by Gasteiger charge is 2.34. The molecule has 1 unspecified atom stereocenters. The number of benzene rings is 1. The van der Waals surface area contributed by atoms with Crippen LogP contribution in [0.4, 0.5) is 4.39 Å². The van der Waals surface area contributed by atoms with Crippen LogP contribution in [0.1, 0.15) is 19.4 Å². The van der Waals surface area contributed by atoms with E-state index in [0.717, 1.165) is 0 Å². The van der Waals surface area contributed by atoms with Crippen molar-refractivity contribution in [1.29, 1.82) is 5.26 Å². The van der Waals surface area contributed by atoms with Crippen LogP contribution in [0.5, 0.6) is 0 Å². The van der Waals surface area contributed by atoms with Crippen molar-refractivity contribution in [3.63, 3.8) is 0 Å². The molecule has 0 saturated carbocycles. The summed E-state index contributed by atoms with van der Waals surface area (Å²) in [6, 6.07) is 7.68. The van der Waals surface area contributed by atoms with Gasteiger partial charge in [0.1, 0.15) is 10.6 Å². The Kier molecular flexibility index (Phi) is 4.76. The second-order valence-corrected chi connectivity index (χ2v) is 7.75. The molecule has 98 valence electrons. The molecule has 0 aliphatic rings. The Morgan fingerprint density at radius 2 is 1.90 bits per heavy atom. The summed E-state index contributed by atoms with van der Waals surface area (Å²) in [6.45, 7) is 2.84. The van der Waals surface area contributed by atoms with Crippen LogP contribution in [0.25, 0.3) is 0 Å².